The minimum Gasteiger partial charge on any atom is -0.288 e. The number of hydrogen-bond donors (Lipinski definition) is 1. The maximum absolute atomic E-state index is 11.6. The molecule has 0 aromatic carbocycles. The van der Waals surface area contributed by atoms with Gasteiger partial charge in [0.2, 0.25) is 0 Å². The number of rotatable bonds is 3. The summed E-state index contributed by atoms with van der Waals surface area (Å²) in [5, 5.41) is 25.9. The number of hydrogen-bond acceptors (Lipinski definition) is 5. The van der Waals surface area contributed by atoms with Crippen molar-refractivity contribution in [3.63, 3.8) is 0 Å². The van der Waals surface area contributed by atoms with Gasteiger partial charge < -0.3 is 0 Å². The lowest BCUT2D eigenvalue weighted by Gasteiger charge is -1.91. The molecule has 1 N–H and O–H groups in total. The number of nitrogens with one attached hydrogen (secondary N) is 1. The third-order valence-corrected chi connectivity index (χ3v) is 2.55. The van der Waals surface area contributed by atoms with Crippen LogP contribution in [0.25, 0.3) is 0 Å². The van der Waals surface area contributed by atoms with Crippen molar-refractivity contribution >= 4 is 23.0 Å². The molecule has 0 unspecified atom stereocenters. The predicted octanol–water partition coefficient (Wildman–Crippen LogP) is 2.08. The average Bonchev–Trinajstić information content (AvgIpc) is 2.82. The molecule has 76 valence electrons. The number of carbonyl (C=O) groups excluding carboxylic acids is 1. The fraction of sp³-hybridized carbons (Fsp3) is 0. The summed E-state index contributed by atoms with van der Waals surface area (Å²) in [5.41, 5.74) is -0.386. The van der Waals surface area contributed by atoms with Crippen LogP contribution in [0.2, 0.25) is 0 Å². The third-order valence-electron chi connectivity index (χ3n) is 1.67. The van der Waals surface area contributed by atoms with Crippen LogP contribution in [0.1, 0.15) is 9.67 Å². The first-order chi connectivity index (χ1) is 7.72. The number of thiophene rings is 1. The Morgan fingerprint density at radius 1 is 1.44 bits per heavy atom. The minimum atomic E-state index is -0.352. The lowest BCUT2D eigenvalue weighted by molar-refractivity contribution is 0.105. The van der Waals surface area contributed by atoms with E-state index in [1.807, 2.05) is 5.87 Å². The second-order valence-corrected chi connectivity index (χ2v) is 3.57. The van der Waals surface area contributed by atoms with E-state index in [1.54, 1.807) is 29.7 Å². The fourth-order valence-electron chi connectivity index (χ4n) is 0.937. The van der Waals surface area contributed by atoms with E-state index >= 15 is 0 Å². The van der Waals surface area contributed by atoms with Crippen molar-refractivity contribution in [3.05, 3.63) is 39.6 Å². The summed E-state index contributed by atoms with van der Waals surface area (Å²) < 4.78 is 0. The van der Waals surface area contributed by atoms with Crippen molar-refractivity contribution in [1.29, 1.82) is 15.9 Å². The van der Waals surface area contributed by atoms with Crippen molar-refractivity contribution < 1.29 is 4.79 Å². The quantitative estimate of drug-likeness (QED) is 0.282. The zero-order valence-corrected chi connectivity index (χ0v) is 8.84. The number of nitriles is 2. The summed E-state index contributed by atoms with van der Waals surface area (Å²) in [5.74, 6) is 1.47. The molecule has 4 nitrogen and oxygen atoms in total. The van der Waals surface area contributed by atoms with Crippen LogP contribution in [0.5, 0.6) is 0 Å². The summed E-state index contributed by atoms with van der Waals surface area (Å²) >= 11 is 1.25. The van der Waals surface area contributed by atoms with Crippen molar-refractivity contribution in [2.24, 2.45) is 0 Å². The Balaban J connectivity index is 3.09. The summed E-state index contributed by atoms with van der Waals surface area (Å²) in [7, 11) is 0. The van der Waals surface area contributed by atoms with Gasteiger partial charge in [-0.05, 0) is 17.3 Å². The van der Waals surface area contributed by atoms with Gasteiger partial charge in [-0.25, -0.2) is 0 Å². The van der Waals surface area contributed by atoms with Crippen molar-refractivity contribution in [2.75, 3.05) is 0 Å². The average molecular weight is 227 g/mol. The van der Waals surface area contributed by atoms with Gasteiger partial charge in [0.05, 0.1) is 10.5 Å². The van der Waals surface area contributed by atoms with E-state index in [1.165, 1.54) is 11.3 Å². The van der Waals surface area contributed by atoms with Crippen LogP contribution < -0.4 is 0 Å². The zero-order chi connectivity index (χ0) is 12.0. The first-order valence-electron chi connectivity index (χ1n) is 4.12. The van der Waals surface area contributed by atoms with Crippen LogP contribution in [0.15, 0.2) is 34.7 Å². The molecule has 5 heteroatoms. The largest absolute Gasteiger partial charge is 0.288 e. The smallest absolute Gasteiger partial charge is 0.197 e. The van der Waals surface area contributed by atoms with Gasteiger partial charge in [-0.3, -0.25) is 10.2 Å². The first-order valence-corrected chi connectivity index (χ1v) is 5.00. The van der Waals surface area contributed by atoms with E-state index in [9.17, 15) is 4.79 Å². The molecule has 0 spiro atoms. The maximum atomic E-state index is 11.6. The molecule has 0 saturated carbocycles. The second kappa shape index (κ2) is 5.43. The van der Waals surface area contributed by atoms with Crippen molar-refractivity contribution in [3.8, 4) is 12.1 Å². The van der Waals surface area contributed by atoms with Crippen molar-refractivity contribution in [1.82, 2.24) is 0 Å². The molecule has 0 amide bonds. The van der Waals surface area contributed by atoms with Gasteiger partial charge in [0.1, 0.15) is 17.7 Å². The van der Waals surface area contributed by atoms with Crippen molar-refractivity contribution in [2.45, 2.75) is 0 Å². The number of carbonyl (C=O) groups is 1. The Kier molecular flexibility index (Phi) is 3.94. The monoisotopic (exact) mass is 227 g/mol. The van der Waals surface area contributed by atoms with Gasteiger partial charge in [0.15, 0.2) is 5.78 Å². The first kappa shape index (κ1) is 11.6. The molecular weight excluding hydrogens is 222 g/mol. The molecule has 1 aromatic heterocycles. The predicted molar refractivity (Wildman–Crippen MR) is 59.2 cm³/mol. The molecule has 0 fully saturated rings. The lowest BCUT2D eigenvalue weighted by Crippen LogP contribution is -1.94. The highest BCUT2D eigenvalue weighted by atomic mass is 32.1. The Hall–Kier alpha value is -2.46. The van der Waals surface area contributed by atoms with Gasteiger partial charge in [0, 0.05) is 6.08 Å². The van der Waals surface area contributed by atoms with Crippen LogP contribution in [-0.2, 0) is 0 Å². The van der Waals surface area contributed by atoms with Crippen LogP contribution in [0.3, 0.4) is 0 Å². The van der Waals surface area contributed by atoms with Gasteiger partial charge in [-0.2, -0.15) is 10.5 Å². The van der Waals surface area contributed by atoms with Gasteiger partial charge in [-0.15, -0.1) is 11.3 Å². The molecule has 0 saturated heterocycles. The maximum Gasteiger partial charge on any atom is 0.197 e. The Morgan fingerprint density at radius 3 is 2.62 bits per heavy atom. The van der Waals surface area contributed by atoms with E-state index in [2.05, 4.69) is 0 Å². The molecule has 1 rings (SSSR count). The normalized spacial score (nSPS) is 9.75. The Bertz CT molecular complexity index is 563. The molecular formula is C11H5N3OS. The van der Waals surface area contributed by atoms with Crippen LogP contribution in [0.4, 0.5) is 0 Å². The molecule has 0 aliphatic rings. The van der Waals surface area contributed by atoms with E-state index in [4.69, 9.17) is 15.9 Å². The van der Waals surface area contributed by atoms with Crippen LogP contribution in [-0.4, -0.2) is 11.7 Å². The SMILES string of the molecule is N#CC(=C=N)C(C#N)=CC(=O)c1cccs1. The number of ketones is 1. The van der Waals surface area contributed by atoms with Crippen LogP contribution >= 0.6 is 11.3 Å². The minimum absolute atomic E-state index is 0.143. The zero-order valence-electron chi connectivity index (χ0n) is 8.02. The number of allylic oxidation sites excluding steroid dienone is 3. The molecule has 0 aliphatic carbocycles. The van der Waals surface area contributed by atoms with Gasteiger partial charge >= 0.3 is 0 Å². The van der Waals surface area contributed by atoms with E-state index < -0.39 is 0 Å². The third kappa shape index (κ3) is 2.52. The van der Waals surface area contributed by atoms with Gasteiger partial charge in [-0.1, -0.05) is 6.07 Å². The lowest BCUT2D eigenvalue weighted by atomic mass is 10.1. The van der Waals surface area contributed by atoms with Gasteiger partial charge in [0.25, 0.3) is 0 Å². The van der Waals surface area contributed by atoms with E-state index in [0.29, 0.717) is 4.88 Å². The summed E-state index contributed by atoms with van der Waals surface area (Å²) in [6.45, 7) is 0. The standard InChI is InChI=1S/C11H5N3OS/c12-5-8(9(6-13)7-14)4-10(15)11-2-1-3-16-11/h1-4,13H. The van der Waals surface area contributed by atoms with E-state index in [0.717, 1.165) is 6.08 Å². The second-order valence-electron chi connectivity index (χ2n) is 2.62. The topological polar surface area (TPSA) is 88.5 Å². The fourth-order valence-corrected chi connectivity index (χ4v) is 1.57. The molecule has 0 atom stereocenters. The molecule has 0 radical (unpaired) electrons. The summed E-state index contributed by atoms with van der Waals surface area (Å²) in [6, 6.07) is 6.67. The summed E-state index contributed by atoms with van der Waals surface area (Å²) in [6.07, 6.45) is 1.05. The Labute approximate surface area is 95.9 Å². The Morgan fingerprint density at radius 2 is 2.19 bits per heavy atom. The molecule has 1 aromatic rings. The van der Waals surface area contributed by atoms with Crippen LogP contribution in [0, 0.1) is 28.1 Å². The van der Waals surface area contributed by atoms with E-state index in [-0.39, 0.29) is 16.9 Å². The molecule has 0 aliphatic heterocycles. The highest BCUT2D eigenvalue weighted by molar-refractivity contribution is 7.12. The highest BCUT2D eigenvalue weighted by Gasteiger charge is 2.09. The summed E-state index contributed by atoms with van der Waals surface area (Å²) in [4.78, 5) is 12.1. The highest BCUT2D eigenvalue weighted by Crippen LogP contribution is 2.13. The number of nitrogens with zero attached hydrogens (tertiary/aromatic N) is 2. The molecule has 0 bridgehead atoms. The molecule has 1 heterocycles. The molecule has 16 heavy (non-hydrogen) atoms.